The molecule has 0 bridgehead atoms. The molecule has 0 spiro atoms. The van der Waals surface area contributed by atoms with Crippen LogP contribution in [0.4, 0.5) is 5.69 Å². The molecule has 2 heteroatoms. The van der Waals surface area contributed by atoms with Gasteiger partial charge in [0.15, 0.2) is 0 Å². The third-order valence-corrected chi connectivity index (χ3v) is 3.71. The van der Waals surface area contributed by atoms with E-state index in [2.05, 4.69) is 81.1 Å². The number of benzene rings is 2. The van der Waals surface area contributed by atoms with E-state index < -0.39 is 0 Å². The molecule has 0 aliphatic rings. The Morgan fingerprint density at radius 3 is 2.24 bits per heavy atom. The van der Waals surface area contributed by atoms with Crippen LogP contribution in [0.2, 0.25) is 0 Å². The molecule has 0 saturated carbocycles. The summed E-state index contributed by atoms with van der Waals surface area (Å²) < 4.78 is 0. The summed E-state index contributed by atoms with van der Waals surface area (Å²) in [5, 5.41) is 1.28. The lowest BCUT2D eigenvalue weighted by atomic mass is 10.1. The zero-order chi connectivity index (χ0) is 15.4. The number of hydrogen-bond donors (Lipinski definition) is 1. The fraction of sp³-hybridized carbons (Fsp3) is 0.263. The number of para-hydroxylation sites is 1. The van der Waals surface area contributed by atoms with Crippen molar-refractivity contribution in [2.45, 2.75) is 20.8 Å². The van der Waals surface area contributed by atoms with Crippen molar-refractivity contribution in [2.24, 2.45) is 0 Å². The van der Waals surface area contributed by atoms with Gasteiger partial charge >= 0.3 is 0 Å². The zero-order valence-electron chi connectivity index (χ0n) is 13.6. The van der Waals surface area contributed by atoms with Gasteiger partial charge in [0.25, 0.3) is 0 Å². The number of nitrogens with zero attached hydrogens (tertiary/aromatic N) is 1. The quantitative estimate of drug-likeness (QED) is 0.658. The topological polar surface area (TPSA) is 19.0 Å². The molecule has 0 saturated heterocycles. The number of anilines is 1. The second-order valence-corrected chi connectivity index (χ2v) is 5.70. The fourth-order valence-electron chi connectivity index (χ4n) is 2.32. The van der Waals surface area contributed by atoms with E-state index in [-0.39, 0.29) is 1.43 Å². The summed E-state index contributed by atoms with van der Waals surface area (Å²) in [7, 11) is 4.10. The van der Waals surface area contributed by atoms with Crippen molar-refractivity contribution in [1.82, 2.24) is 4.98 Å². The maximum absolute atomic E-state index is 3.23. The second-order valence-electron chi connectivity index (χ2n) is 5.70. The van der Waals surface area contributed by atoms with Gasteiger partial charge in [-0.15, -0.1) is 0 Å². The lowest BCUT2D eigenvalue weighted by Crippen LogP contribution is -2.07. The van der Waals surface area contributed by atoms with E-state index in [1.165, 1.54) is 33.3 Å². The van der Waals surface area contributed by atoms with Crippen LogP contribution in [-0.2, 0) is 0 Å². The molecule has 0 aliphatic carbocycles. The van der Waals surface area contributed by atoms with Crippen LogP contribution >= 0.6 is 0 Å². The molecular weight excluding hydrogens is 256 g/mol. The Bertz CT molecular complexity index is 729. The summed E-state index contributed by atoms with van der Waals surface area (Å²) in [6.45, 7) is 6.39. The molecule has 0 unspecified atom stereocenters. The minimum Gasteiger partial charge on any atom is -0.376 e. The van der Waals surface area contributed by atoms with Crippen LogP contribution < -0.4 is 4.90 Å². The van der Waals surface area contributed by atoms with Gasteiger partial charge in [-0.1, -0.05) is 42.0 Å². The van der Waals surface area contributed by atoms with Crippen molar-refractivity contribution < 1.29 is 1.43 Å². The van der Waals surface area contributed by atoms with Crippen molar-refractivity contribution in [3.8, 4) is 0 Å². The summed E-state index contributed by atoms with van der Waals surface area (Å²) >= 11 is 0. The molecule has 0 aliphatic heterocycles. The summed E-state index contributed by atoms with van der Waals surface area (Å²) in [6, 6.07) is 14.8. The van der Waals surface area contributed by atoms with Gasteiger partial charge in [-0.25, -0.2) is 0 Å². The van der Waals surface area contributed by atoms with Crippen molar-refractivity contribution >= 4 is 16.6 Å². The first kappa shape index (κ1) is 15.2. The van der Waals surface area contributed by atoms with E-state index >= 15 is 0 Å². The predicted molar refractivity (Wildman–Crippen MR) is 95.4 cm³/mol. The molecule has 0 fully saturated rings. The first-order valence-corrected chi connectivity index (χ1v) is 7.26. The van der Waals surface area contributed by atoms with Crippen molar-refractivity contribution in [3.05, 3.63) is 65.4 Å². The van der Waals surface area contributed by atoms with Crippen molar-refractivity contribution in [2.75, 3.05) is 19.0 Å². The number of H-pyrrole nitrogens is 1. The highest BCUT2D eigenvalue weighted by Gasteiger charge is 2.02. The lowest BCUT2D eigenvalue weighted by molar-refractivity contribution is 1.14. The third kappa shape index (κ3) is 3.66. The van der Waals surface area contributed by atoms with E-state index in [4.69, 9.17) is 0 Å². The Labute approximate surface area is 128 Å². The minimum absolute atomic E-state index is 0. The number of nitrogens with one attached hydrogen (secondary N) is 1. The van der Waals surface area contributed by atoms with E-state index in [0.29, 0.717) is 0 Å². The normalized spacial score (nSPS) is 10.1. The van der Waals surface area contributed by atoms with E-state index in [1.54, 1.807) is 0 Å². The molecule has 3 aromatic rings. The van der Waals surface area contributed by atoms with Crippen LogP contribution in [-0.4, -0.2) is 19.1 Å². The van der Waals surface area contributed by atoms with Crippen molar-refractivity contribution in [3.63, 3.8) is 0 Å². The Morgan fingerprint density at radius 1 is 0.905 bits per heavy atom. The molecule has 112 valence electrons. The molecule has 2 aromatic carbocycles. The SMILES string of the molecule is CN(C)c1c[nH]c2ccccc12.Cc1ccc(C)c(C)c1.[HH]. The molecule has 0 amide bonds. The molecular formula is C19H26N2. The molecule has 0 radical (unpaired) electrons. The Hall–Kier alpha value is -2.22. The van der Waals surface area contributed by atoms with Gasteiger partial charge in [-0.05, 0) is 38.0 Å². The molecule has 3 rings (SSSR count). The second kappa shape index (κ2) is 6.49. The number of rotatable bonds is 1. The molecule has 1 aromatic heterocycles. The number of hydrogen-bond acceptors (Lipinski definition) is 1. The first-order valence-electron chi connectivity index (χ1n) is 7.26. The highest BCUT2D eigenvalue weighted by molar-refractivity contribution is 5.92. The van der Waals surface area contributed by atoms with E-state index in [0.717, 1.165) is 0 Å². The summed E-state index contributed by atoms with van der Waals surface area (Å²) in [5.74, 6) is 0. The summed E-state index contributed by atoms with van der Waals surface area (Å²) in [6.07, 6.45) is 2.03. The Balaban J connectivity index is 0.000000219. The molecule has 0 atom stereocenters. The molecule has 1 heterocycles. The Morgan fingerprint density at radius 2 is 1.62 bits per heavy atom. The van der Waals surface area contributed by atoms with E-state index in [1.807, 2.05) is 12.3 Å². The van der Waals surface area contributed by atoms with Crippen LogP contribution in [0, 0.1) is 20.8 Å². The molecule has 21 heavy (non-hydrogen) atoms. The summed E-state index contributed by atoms with van der Waals surface area (Å²) in [5.41, 5.74) is 6.54. The van der Waals surface area contributed by atoms with Gasteiger partial charge in [-0.3, -0.25) is 0 Å². The fourth-order valence-corrected chi connectivity index (χ4v) is 2.32. The smallest absolute Gasteiger partial charge is 0.0618 e. The molecule has 1 N–H and O–H groups in total. The van der Waals surface area contributed by atoms with Gasteiger partial charge < -0.3 is 9.88 Å². The zero-order valence-corrected chi connectivity index (χ0v) is 13.6. The minimum atomic E-state index is 0. The average molecular weight is 282 g/mol. The monoisotopic (exact) mass is 282 g/mol. The maximum atomic E-state index is 3.23. The first-order chi connectivity index (χ1) is 9.99. The van der Waals surface area contributed by atoms with Gasteiger partial charge in [0.1, 0.15) is 0 Å². The third-order valence-electron chi connectivity index (χ3n) is 3.71. The highest BCUT2D eigenvalue weighted by atomic mass is 15.1. The van der Waals surface area contributed by atoms with Crippen LogP contribution in [0.15, 0.2) is 48.7 Å². The largest absolute Gasteiger partial charge is 0.376 e. The number of aromatic amines is 1. The Kier molecular flexibility index (Phi) is 4.69. The van der Waals surface area contributed by atoms with Gasteiger partial charge in [0.2, 0.25) is 0 Å². The maximum Gasteiger partial charge on any atom is 0.0618 e. The van der Waals surface area contributed by atoms with Gasteiger partial charge in [0, 0.05) is 32.6 Å². The lowest BCUT2D eigenvalue weighted by Gasteiger charge is -2.09. The van der Waals surface area contributed by atoms with E-state index in [9.17, 15) is 0 Å². The van der Waals surface area contributed by atoms with Gasteiger partial charge in [-0.2, -0.15) is 0 Å². The number of aryl methyl sites for hydroxylation is 3. The average Bonchev–Trinajstić information content (AvgIpc) is 2.88. The van der Waals surface area contributed by atoms with Crippen molar-refractivity contribution in [1.29, 1.82) is 0 Å². The number of aromatic nitrogens is 1. The summed E-state index contributed by atoms with van der Waals surface area (Å²) in [4.78, 5) is 5.34. The molecule has 2 nitrogen and oxygen atoms in total. The highest BCUT2D eigenvalue weighted by Crippen LogP contribution is 2.24. The standard InChI is InChI=1S/C10H12N2.C9H12.H2/c1-12(2)10-7-11-9-6-4-3-5-8(9)10;1-7-4-5-8(2)9(3)6-7;/h3-7,11H,1-2H3;4-6H,1-3H3;1H. The van der Waals surface area contributed by atoms with Crippen LogP contribution in [0.5, 0.6) is 0 Å². The van der Waals surface area contributed by atoms with Crippen LogP contribution in [0.3, 0.4) is 0 Å². The predicted octanol–water partition coefficient (Wildman–Crippen LogP) is 5.09. The van der Waals surface area contributed by atoms with Gasteiger partial charge in [0.05, 0.1) is 5.69 Å². The number of fused-ring (bicyclic) bond motifs is 1. The van der Waals surface area contributed by atoms with Crippen LogP contribution in [0.25, 0.3) is 10.9 Å². The van der Waals surface area contributed by atoms with Crippen LogP contribution in [0.1, 0.15) is 18.1 Å².